The lowest BCUT2D eigenvalue weighted by molar-refractivity contribution is -0.115. The third kappa shape index (κ3) is 3.63. The van der Waals surface area contributed by atoms with Crippen molar-refractivity contribution in [1.29, 1.82) is 0 Å². The van der Waals surface area contributed by atoms with Crippen molar-refractivity contribution < 1.29 is 9.53 Å². The number of hydrogen-bond donors (Lipinski definition) is 2. The second-order valence-corrected chi connectivity index (χ2v) is 5.53. The number of methoxy groups -OCH3 is 1. The van der Waals surface area contributed by atoms with Crippen LogP contribution in [0.25, 0.3) is 11.3 Å². The first-order chi connectivity index (χ1) is 11.7. The van der Waals surface area contributed by atoms with E-state index in [9.17, 15) is 4.79 Å². The molecule has 5 heteroatoms. The first-order valence-electron chi connectivity index (χ1n) is 7.69. The lowest BCUT2D eigenvalue weighted by Gasteiger charge is -2.08. The zero-order chi connectivity index (χ0) is 16.9. The molecule has 3 aromatic rings. The van der Waals surface area contributed by atoms with Gasteiger partial charge in [0.1, 0.15) is 5.75 Å². The summed E-state index contributed by atoms with van der Waals surface area (Å²) in [4.78, 5) is 19.6. The van der Waals surface area contributed by atoms with Gasteiger partial charge in [-0.3, -0.25) is 4.79 Å². The number of nitrogens with one attached hydrogen (secondary N) is 2. The molecule has 0 aliphatic heterocycles. The summed E-state index contributed by atoms with van der Waals surface area (Å²) in [5.41, 5.74) is 4.51. The molecular formula is C19H19N3O2. The molecule has 1 amide bonds. The van der Waals surface area contributed by atoms with E-state index in [0.29, 0.717) is 6.42 Å². The molecule has 2 N–H and O–H groups in total. The topological polar surface area (TPSA) is 67.0 Å². The largest absolute Gasteiger partial charge is 0.497 e. The van der Waals surface area contributed by atoms with Crippen molar-refractivity contribution in [3.05, 3.63) is 66.1 Å². The fourth-order valence-corrected chi connectivity index (χ4v) is 2.57. The van der Waals surface area contributed by atoms with Gasteiger partial charge in [-0.05, 0) is 36.8 Å². The van der Waals surface area contributed by atoms with Gasteiger partial charge in [0.25, 0.3) is 0 Å². The first kappa shape index (κ1) is 15.8. The van der Waals surface area contributed by atoms with Gasteiger partial charge in [0.2, 0.25) is 5.91 Å². The van der Waals surface area contributed by atoms with Crippen molar-refractivity contribution in [2.45, 2.75) is 13.3 Å². The number of imidazole rings is 1. The van der Waals surface area contributed by atoms with E-state index in [2.05, 4.69) is 15.3 Å². The molecule has 24 heavy (non-hydrogen) atoms. The smallest absolute Gasteiger partial charge is 0.228 e. The summed E-state index contributed by atoms with van der Waals surface area (Å²) >= 11 is 0. The summed E-state index contributed by atoms with van der Waals surface area (Å²) in [5.74, 6) is 0.676. The number of aryl methyl sites for hydroxylation is 1. The lowest BCUT2D eigenvalue weighted by Crippen LogP contribution is -2.14. The molecule has 0 atom stereocenters. The third-order valence-electron chi connectivity index (χ3n) is 3.75. The number of H-pyrrole nitrogens is 1. The first-order valence-corrected chi connectivity index (χ1v) is 7.69. The molecular weight excluding hydrogens is 302 g/mol. The summed E-state index contributed by atoms with van der Waals surface area (Å²) in [6.07, 6.45) is 1.96. The van der Waals surface area contributed by atoms with Gasteiger partial charge in [-0.15, -0.1) is 0 Å². The highest BCUT2D eigenvalue weighted by molar-refractivity contribution is 5.93. The van der Waals surface area contributed by atoms with Crippen LogP contribution in [0.2, 0.25) is 0 Å². The molecule has 0 saturated heterocycles. The highest BCUT2D eigenvalue weighted by Crippen LogP contribution is 2.23. The summed E-state index contributed by atoms with van der Waals surface area (Å²) in [7, 11) is 1.61. The van der Waals surface area contributed by atoms with Crippen molar-refractivity contribution in [2.24, 2.45) is 0 Å². The van der Waals surface area contributed by atoms with Crippen molar-refractivity contribution in [3.63, 3.8) is 0 Å². The van der Waals surface area contributed by atoms with E-state index in [1.807, 2.05) is 55.5 Å². The van der Waals surface area contributed by atoms with E-state index in [-0.39, 0.29) is 5.91 Å². The monoisotopic (exact) mass is 321 g/mol. The maximum absolute atomic E-state index is 12.3. The van der Waals surface area contributed by atoms with Crippen LogP contribution in [0.15, 0.2) is 54.9 Å². The summed E-state index contributed by atoms with van der Waals surface area (Å²) in [5, 5.41) is 2.93. The maximum Gasteiger partial charge on any atom is 0.228 e. The standard InChI is InChI=1S/C19H19N3O2/c1-13-19(21-12-20-13)15-6-4-7-16(11-15)22-18(23)10-14-5-3-8-17(9-14)24-2/h3-9,11-12H,10H2,1-2H3,(H,20,21)(H,22,23). The van der Waals surface area contributed by atoms with Gasteiger partial charge in [-0.2, -0.15) is 0 Å². The highest BCUT2D eigenvalue weighted by Gasteiger charge is 2.08. The van der Waals surface area contributed by atoms with E-state index in [4.69, 9.17) is 4.74 Å². The van der Waals surface area contributed by atoms with Crippen molar-refractivity contribution in [3.8, 4) is 17.0 Å². The summed E-state index contributed by atoms with van der Waals surface area (Å²) < 4.78 is 5.18. The Labute approximate surface area is 140 Å². The van der Waals surface area contributed by atoms with Gasteiger partial charge in [-0.25, -0.2) is 4.98 Å². The fraction of sp³-hybridized carbons (Fsp3) is 0.158. The molecule has 0 saturated carbocycles. The summed E-state index contributed by atoms with van der Waals surface area (Å²) in [6, 6.07) is 15.2. The van der Waals surface area contributed by atoms with Gasteiger partial charge in [0, 0.05) is 16.9 Å². The molecule has 5 nitrogen and oxygen atoms in total. The summed E-state index contributed by atoms with van der Waals surface area (Å²) in [6.45, 7) is 1.97. The fourth-order valence-electron chi connectivity index (χ4n) is 2.57. The number of nitrogens with zero attached hydrogens (tertiary/aromatic N) is 1. The zero-order valence-corrected chi connectivity index (χ0v) is 13.7. The Balaban J connectivity index is 1.71. The van der Waals surface area contributed by atoms with Crippen LogP contribution < -0.4 is 10.1 Å². The molecule has 0 radical (unpaired) electrons. The van der Waals surface area contributed by atoms with Crippen LogP contribution in [0.4, 0.5) is 5.69 Å². The number of rotatable bonds is 5. The number of carbonyl (C=O) groups is 1. The number of benzene rings is 2. The SMILES string of the molecule is COc1cccc(CC(=O)Nc2cccc(-c3nc[nH]c3C)c2)c1. The third-order valence-corrected chi connectivity index (χ3v) is 3.75. The minimum absolute atomic E-state index is 0.0702. The number of aromatic nitrogens is 2. The Bertz CT molecular complexity index is 855. The predicted octanol–water partition coefficient (Wildman–Crippen LogP) is 3.57. The van der Waals surface area contributed by atoms with Crippen LogP contribution in [0.3, 0.4) is 0 Å². The van der Waals surface area contributed by atoms with Crippen molar-refractivity contribution in [1.82, 2.24) is 9.97 Å². The molecule has 1 aromatic heterocycles. The van der Waals surface area contributed by atoms with Gasteiger partial charge >= 0.3 is 0 Å². The van der Waals surface area contributed by atoms with Crippen LogP contribution in [-0.4, -0.2) is 23.0 Å². The second-order valence-electron chi connectivity index (χ2n) is 5.53. The maximum atomic E-state index is 12.3. The van der Waals surface area contributed by atoms with Crippen molar-refractivity contribution >= 4 is 11.6 Å². The molecule has 0 aliphatic carbocycles. The molecule has 122 valence electrons. The van der Waals surface area contributed by atoms with Gasteiger partial charge < -0.3 is 15.0 Å². The average molecular weight is 321 g/mol. The number of anilines is 1. The van der Waals surface area contributed by atoms with Gasteiger partial charge in [0.05, 0.1) is 25.6 Å². The van der Waals surface area contributed by atoms with E-state index in [0.717, 1.165) is 34.0 Å². The molecule has 0 aliphatic rings. The Morgan fingerprint density at radius 2 is 2.04 bits per heavy atom. The molecule has 0 bridgehead atoms. The van der Waals surface area contributed by atoms with Crippen LogP contribution in [-0.2, 0) is 11.2 Å². The van der Waals surface area contributed by atoms with Crippen molar-refractivity contribution in [2.75, 3.05) is 12.4 Å². The number of aromatic amines is 1. The Morgan fingerprint density at radius 3 is 2.79 bits per heavy atom. The number of hydrogen-bond acceptors (Lipinski definition) is 3. The highest BCUT2D eigenvalue weighted by atomic mass is 16.5. The molecule has 0 fully saturated rings. The second kappa shape index (κ2) is 7.00. The van der Waals surface area contributed by atoms with E-state index in [1.54, 1.807) is 13.4 Å². The van der Waals surface area contributed by atoms with Crippen LogP contribution >= 0.6 is 0 Å². The predicted molar refractivity (Wildman–Crippen MR) is 94.1 cm³/mol. The number of carbonyl (C=O) groups excluding carboxylic acids is 1. The van der Waals surface area contributed by atoms with Crippen LogP contribution in [0.1, 0.15) is 11.3 Å². The lowest BCUT2D eigenvalue weighted by atomic mass is 10.1. The molecule has 1 heterocycles. The Morgan fingerprint density at radius 1 is 1.21 bits per heavy atom. The van der Waals surface area contributed by atoms with Crippen LogP contribution in [0.5, 0.6) is 5.75 Å². The zero-order valence-electron chi connectivity index (χ0n) is 13.7. The van der Waals surface area contributed by atoms with E-state index < -0.39 is 0 Å². The molecule has 2 aromatic carbocycles. The van der Waals surface area contributed by atoms with Gasteiger partial charge in [-0.1, -0.05) is 24.3 Å². The Kier molecular flexibility index (Phi) is 4.61. The normalized spacial score (nSPS) is 10.4. The van der Waals surface area contributed by atoms with E-state index >= 15 is 0 Å². The van der Waals surface area contributed by atoms with Crippen LogP contribution in [0, 0.1) is 6.92 Å². The number of ether oxygens (including phenoxy) is 1. The minimum atomic E-state index is -0.0702. The number of amides is 1. The Hall–Kier alpha value is -3.08. The minimum Gasteiger partial charge on any atom is -0.497 e. The quantitative estimate of drug-likeness (QED) is 0.755. The molecule has 0 spiro atoms. The molecule has 3 rings (SSSR count). The van der Waals surface area contributed by atoms with Gasteiger partial charge in [0.15, 0.2) is 0 Å². The van der Waals surface area contributed by atoms with E-state index in [1.165, 1.54) is 0 Å². The molecule has 0 unspecified atom stereocenters. The average Bonchev–Trinajstić information content (AvgIpc) is 3.01.